The lowest BCUT2D eigenvalue weighted by Gasteiger charge is -2.14. The molecule has 2 aliphatic carbocycles. The van der Waals surface area contributed by atoms with E-state index >= 15 is 0 Å². The lowest BCUT2D eigenvalue weighted by atomic mass is 10.00. The maximum Gasteiger partial charge on any atom is 0.255 e. The van der Waals surface area contributed by atoms with Crippen LogP contribution < -0.4 is 5.32 Å². The Hall–Kier alpha value is -2.46. The molecular weight excluding hydrogens is 346 g/mol. The van der Waals surface area contributed by atoms with Crippen LogP contribution in [-0.4, -0.2) is 15.9 Å². The van der Waals surface area contributed by atoms with E-state index in [1.807, 2.05) is 37.3 Å². The van der Waals surface area contributed by atoms with Crippen LogP contribution >= 0.6 is 11.6 Å². The van der Waals surface area contributed by atoms with Crippen LogP contribution in [0.5, 0.6) is 0 Å². The number of aromatic nitrogens is 2. The first-order chi connectivity index (χ1) is 12.6. The zero-order valence-electron chi connectivity index (χ0n) is 14.4. The van der Waals surface area contributed by atoms with Crippen LogP contribution in [0.4, 0.5) is 5.69 Å². The summed E-state index contributed by atoms with van der Waals surface area (Å²) < 4.78 is 0. The maximum atomic E-state index is 12.6. The number of aryl methyl sites for hydroxylation is 1. The van der Waals surface area contributed by atoms with Crippen LogP contribution in [0.1, 0.15) is 58.4 Å². The molecule has 5 rings (SSSR count). The summed E-state index contributed by atoms with van der Waals surface area (Å²) in [5, 5.41) is 3.54. The SMILES string of the molecule is Cc1ccc(NC(=O)c2ccc3nc4c(nc3c2)C2CCC4C2)cc1Cl. The molecule has 5 heteroatoms. The van der Waals surface area contributed by atoms with E-state index in [2.05, 4.69) is 5.32 Å². The minimum atomic E-state index is -0.171. The lowest BCUT2D eigenvalue weighted by Crippen LogP contribution is -2.12. The van der Waals surface area contributed by atoms with Crippen LogP contribution in [0.25, 0.3) is 11.0 Å². The molecule has 0 spiro atoms. The Kier molecular flexibility index (Phi) is 3.50. The number of benzene rings is 2. The van der Waals surface area contributed by atoms with E-state index in [4.69, 9.17) is 21.6 Å². The number of hydrogen-bond donors (Lipinski definition) is 1. The molecule has 130 valence electrons. The summed E-state index contributed by atoms with van der Waals surface area (Å²) in [6.07, 6.45) is 3.64. The number of carbonyl (C=O) groups excluding carboxylic acids is 1. The third-order valence-corrected chi connectivity index (χ3v) is 6.02. The van der Waals surface area contributed by atoms with Crippen molar-refractivity contribution in [3.05, 3.63) is 63.9 Å². The zero-order valence-corrected chi connectivity index (χ0v) is 15.2. The maximum absolute atomic E-state index is 12.6. The van der Waals surface area contributed by atoms with Crippen molar-refractivity contribution in [1.82, 2.24) is 9.97 Å². The highest BCUT2D eigenvalue weighted by atomic mass is 35.5. The average molecular weight is 364 g/mol. The molecular formula is C21H18ClN3O. The highest BCUT2D eigenvalue weighted by molar-refractivity contribution is 6.31. The van der Waals surface area contributed by atoms with Gasteiger partial charge in [0.05, 0.1) is 22.4 Å². The Bertz CT molecular complexity index is 1060. The molecule has 4 nitrogen and oxygen atoms in total. The third kappa shape index (κ3) is 2.48. The van der Waals surface area contributed by atoms with E-state index in [0.29, 0.717) is 28.1 Å². The summed E-state index contributed by atoms with van der Waals surface area (Å²) in [5.41, 5.74) is 6.23. The number of anilines is 1. The van der Waals surface area contributed by atoms with Crippen molar-refractivity contribution in [3.63, 3.8) is 0 Å². The fourth-order valence-electron chi connectivity index (χ4n) is 4.18. The van der Waals surface area contributed by atoms with Crippen LogP contribution in [0, 0.1) is 6.92 Å². The molecule has 2 aromatic carbocycles. The predicted octanol–water partition coefficient (Wildman–Crippen LogP) is 5.21. The summed E-state index contributed by atoms with van der Waals surface area (Å²) >= 11 is 6.14. The molecule has 1 heterocycles. The normalized spacial score (nSPS) is 20.4. The van der Waals surface area contributed by atoms with Gasteiger partial charge in [-0.15, -0.1) is 0 Å². The Balaban J connectivity index is 1.47. The highest BCUT2D eigenvalue weighted by Crippen LogP contribution is 2.51. The van der Waals surface area contributed by atoms with Crippen LogP contribution in [0.3, 0.4) is 0 Å². The summed E-state index contributed by atoms with van der Waals surface area (Å²) in [6.45, 7) is 1.93. The smallest absolute Gasteiger partial charge is 0.255 e. The lowest BCUT2D eigenvalue weighted by molar-refractivity contribution is 0.102. The van der Waals surface area contributed by atoms with Crippen molar-refractivity contribution in [2.24, 2.45) is 0 Å². The predicted molar refractivity (Wildman–Crippen MR) is 103 cm³/mol. The zero-order chi connectivity index (χ0) is 17.8. The molecule has 1 amide bonds. The minimum absolute atomic E-state index is 0.171. The molecule has 3 aromatic rings. The molecule has 26 heavy (non-hydrogen) atoms. The van der Waals surface area contributed by atoms with E-state index in [0.717, 1.165) is 22.3 Å². The van der Waals surface area contributed by atoms with Gasteiger partial charge in [-0.2, -0.15) is 0 Å². The van der Waals surface area contributed by atoms with Gasteiger partial charge >= 0.3 is 0 Å². The monoisotopic (exact) mass is 363 g/mol. The topological polar surface area (TPSA) is 54.9 Å². The third-order valence-electron chi connectivity index (χ3n) is 5.62. The van der Waals surface area contributed by atoms with E-state index in [1.165, 1.54) is 25.0 Å². The number of hydrogen-bond acceptors (Lipinski definition) is 3. The van der Waals surface area contributed by atoms with E-state index in [-0.39, 0.29) is 5.91 Å². The van der Waals surface area contributed by atoms with Gasteiger partial charge in [-0.3, -0.25) is 4.79 Å². The second-order valence-electron chi connectivity index (χ2n) is 7.32. The molecule has 2 unspecified atom stereocenters. The Morgan fingerprint density at radius 3 is 2.50 bits per heavy atom. The average Bonchev–Trinajstić information content (AvgIpc) is 3.25. The largest absolute Gasteiger partial charge is 0.322 e. The van der Waals surface area contributed by atoms with Gasteiger partial charge in [0.1, 0.15) is 0 Å². The van der Waals surface area contributed by atoms with E-state index in [9.17, 15) is 4.79 Å². The fourth-order valence-corrected chi connectivity index (χ4v) is 4.36. The Morgan fingerprint density at radius 2 is 1.77 bits per heavy atom. The second-order valence-corrected chi connectivity index (χ2v) is 7.73. The molecule has 1 saturated carbocycles. The van der Waals surface area contributed by atoms with Gasteiger partial charge in [-0.25, -0.2) is 9.97 Å². The standard InChI is InChI=1S/C21H18ClN3O/c1-11-2-6-15(10-16(11)22)23-21(26)14-5-7-17-18(9-14)25-20-13-4-3-12(8-13)19(20)24-17/h2,5-7,9-10,12-13H,3-4,8H2,1H3,(H,23,26). The van der Waals surface area contributed by atoms with E-state index < -0.39 is 0 Å². The van der Waals surface area contributed by atoms with Crippen LogP contribution in [0.2, 0.25) is 5.02 Å². The minimum Gasteiger partial charge on any atom is -0.322 e. The molecule has 0 aliphatic heterocycles. The van der Waals surface area contributed by atoms with Crippen LogP contribution in [0.15, 0.2) is 36.4 Å². The van der Waals surface area contributed by atoms with Gasteiger partial charge in [0.2, 0.25) is 0 Å². The number of amides is 1. The van der Waals surface area contributed by atoms with Crippen molar-refractivity contribution < 1.29 is 4.79 Å². The first-order valence-corrected chi connectivity index (χ1v) is 9.35. The Labute approximate surface area is 156 Å². The molecule has 0 saturated heterocycles. The second kappa shape index (κ2) is 5.78. The molecule has 1 N–H and O–H groups in total. The molecule has 2 aliphatic rings. The quantitative estimate of drug-likeness (QED) is 0.680. The molecule has 2 bridgehead atoms. The molecule has 0 radical (unpaired) electrons. The van der Waals surface area contributed by atoms with Crippen molar-refractivity contribution in [2.75, 3.05) is 5.32 Å². The summed E-state index contributed by atoms with van der Waals surface area (Å²) in [7, 11) is 0. The van der Waals surface area contributed by atoms with Gasteiger partial charge < -0.3 is 5.32 Å². The van der Waals surface area contributed by atoms with Crippen molar-refractivity contribution in [1.29, 1.82) is 0 Å². The van der Waals surface area contributed by atoms with E-state index in [1.54, 1.807) is 6.07 Å². The number of fused-ring (bicyclic) bond motifs is 6. The van der Waals surface area contributed by atoms with Crippen molar-refractivity contribution in [2.45, 2.75) is 38.0 Å². The molecule has 1 aromatic heterocycles. The number of nitrogens with zero attached hydrogens (tertiary/aromatic N) is 2. The summed E-state index contributed by atoms with van der Waals surface area (Å²) in [4.78, 5) is 22.3. The number of nitrogens with one attached hydrogen (secondary N) is 1. The molecule has 1 fully saturated rings. The van der Waals surface area contributed by atoms with Gasteiger partial charge in [0.15, 0.2) is 0 Å². The van der Waals surface area contributed by atoms with Crippen LogP contribution in [-0.2, 0) is 0 Å². The van der Waals surface area contributed by atoms with Crippen molar-refractivity contribution >= 4 is 34.2 Å². The first-order valence-electron chi connectivity index (χ1n) is 8.97. The highest BCUT2D eigenvalue weighted by Gasteiger charge is 2.39. The van der Waals surface area contributed by atoms with Gasteiger partial charge in [0, 0.05) is 28.1 Å². The van der Waals surface area contributed by atoms with Gasteiger partial charge in [-0.05, 0) is 62.1 Å². The summed E-state index contributed by atoms with van der Waals surface area (Å²) in [5.74, 6) is 0.968. The van der Waals surface area contributed by atoms with Crippen molar-refractivity contribution in [3.8, 4) is 0 Å². The van der Waals surface area contributed by atoms with Gasteiger partial charge in [-0.1, -0.05) is 17.7 Å². The number of carbonyl (C=O) groups is 1. The number of rotatable bonds is 2. The fraction of sp³-hybridized carbons (Fsp3) is 0.286. The Morgan fingerprint density at radius 1 is 1.04 bits per heavy atom. The number of halogens is 1. The first kappa shape index (κ1) is 15.8. The van der Waals surface area contributed by atoms with Gasteiger partial charge in [0.25, 0.3) is 5.91 Å². The molecule has 2 atom stereocenters. The summed E-state index contributed by atoms with van der Waals surface area (Å²) in [6, 6.07) is 11.0.